The van der Waals surface area contributed by atoms with Gasteiger partial charge in [-0.25, -0.2) is 8.42 Å². The fourth-order valence-electron chi connectivity index (χ4n) is 1.55. The molecule has 0 radical (unpaired) electrons. The molecule has 1 aromatic heterocycles. The Morgan fingerprint density at radius 3 is 2.63 bits per heavy atom. The van der Waals surface area contributed by atoms with Crippen LogP contribution in [0.5, 0.6) is 0 Å². The van der Waals surface area contributed by atoms with Gasteiger partial charge in [-0.2, -0.15) is 4.31 Å². The standard InChI is InChI=1S/C11H19N3O3S2/c1-3-9-5-6-11(18-9)19(16,17)14(4-2)8-7-10(12)13-15/h5-6,15H,3-4,7-8H2,1-2H3,(H2,12,13). The fraction of sp³-hybridized carbons (Fsp3) is 0.545. The smallest absolute Gasteiger partial charge is 0.252 e. The van der Waals surface area contributed by atoms with Crippen LogP contribution in [0.3, 0.4) is 0 Å². The van der Waals surface area contributed by atoms with Gasteiger partial charge in [-0.05, 0) is 18.6 Å². The van der Waals surface area contributed by atoms with Crippen LogP contribution in [0.25, 0.3) is 0 Å². The van der Waals surface area contributed by atoms with E-state index >= 15 is 0 Å². The van der Waals surface area contributed by atoms with E-state index in [9.17, 15) is 8.42 Å². The van der Waals surface area contributed by atoms with Gasteiger partial charge in [-0.1, -0.05) is 19.0 Å². The molecular formula is C11H19N3O3S2. The SMILES string of the molecule is CCc1ccc(S(=O)(=O)N(CC)CC/C(N)=N/O)s1. The van der Waals surface area contributed by atoms with Gasteiger partial charge in [0, 0.05) is 24.4 Å². The van der Waals surface area contributed by atoms with Crippen LogP contribution in [0.2, 0.25) is 0 Å². The normalized spacial score (nSPS) is 13.1. The predicted molar refractivity (Wildman–Crippen MR) is 76.2 cm³/mol. The van der Waals surface area contributed by atoms with E-state index in [2.05, 4.69) is 5.16 Å². The summed E-state index contributed by atoms with van der Waals surface area (Å²) in [5.41, 5.74) is 5.36. The molecule has 0 fully saturated rings. The second-order valence-electron chi connectivity index (χ2n) is 3.91. The number of sulfonamides is 1. The van der Waals surface area contributed by atoms with Crippen molar-refractivity contribution in [2.75, 3.05) is 13.1 Å². The summed E-state index contributed by atoms with van der Waals surface area (Å²) in [6.07, 6.45) is 1.02. The lowest BCUT2D eigenvalue weighted by Gasteiger charge is -2.18. The van der Waals surface area contributed by atoms with E-state index in [4.69, 9.17) is 10.9 Å². The molecule has 1 aromatic rings. The highest BCUT2D eigenvalue weighted by Crippen LogP contribution is 2.25. The van der Waals surface area contributed by atoms with Crippen LogP contribution < -0.4 is 5.73 Å². The van der Waals surface area contributed by atoms with E-state index in [-0.39, 0.29) is 18.8 Å². The number of nitrogens with two attached hydrogens (primary N) is 1. The first-order valence-electron chi connectivity index (χ1n) is 6.01. The molecule has 108 valence electrons. The maximum Gasteiger partial charge on any atom is 0.252 e. The zero-order valence-corrected chi connectivity index (χ0v) is 12.7. The Balaban J connectivity index is 2.89. The number of nitrogens with zero attached hydrogens (tertiary/aromatic N) is 2. The highest BCUT2D eigenvalue weighted by Gasteiger charge is 2.24. The topological polar surface area (TPSA) is 96.0 Å². The van der Waals surface area contributed by atoms with Crippen LogP contribution >= 0.6 is 11.3 Å². The first-order chi connectivity index (χ1) is 8.95. The quantitative estimate of drug-likeness (QED) is 0.345. The lowest BCUT2D eigenvalue weighted by molar-refractivity contribution is 0.315. The van der Waals surface area contributed by atoms with Crippen molar-refractivity contribution >= 4 is 27.2 Å². The predicted octanol–water partition coefficient (Wildman–Crippen LogP) is 1.46. The Bertz CT molecular complexity index is 537. The zero-order chi connectivity index (χ0) is 14.5. The first kappa shape index (κ1) is 15.9. The summed E-state index contributed by atoms with van der Waals surface area (Å²) in [5.74, 6) is 0.0223. The molecule has 3 N–H and O–H groups in total. The molecule has 1 heterocycles. The van der Waals surface area contributed by atoms with Gasteiger partial charge in [-0.15, -0.1) is 11.3 Å². The third-order valence-corrected chi connectivity index (χ3v) is 6.35. The number of oxime groups is 1. The molecule has 8 heteroatoms. The van der Waals surface area contributed by atoms with Crippen LogP contribution in [0.4, 0.5) is 0 Å². The Morgan fingerprint density at radius 1 is 1.47 bits per heavy atom. The van der Waals surface area contributed by atoms with Crippen molar-refractivity contribution in [3.8, 4) is 0 Å². The lowest BCUT2D eigenvalue weighted by atomic mass is 10.4. The number of hydrogen-bond acceptors (Lipinski definition) is 5. The Morgan fingerprint density at radius 2 is 2.16 bits per heavy atom. The number of aryl methyl sites for hydroxylation is 1. The second-order valence-corrected chi connectivity index (χ2v) is 7.25. The van der Waals surface area contributed by atoms with Crippen molar-refractivity contribution in [2.24, 2.45) is 10.9 Å². The van der Waals surface area contributed by atoms with Crippen molar-refractivity contribution < 1.29 is 13.6 Å². The van der Waals surface area contributed by atoms with Gasteiger partial charge < -0.3 is 10.9 Å². The molecule has 19 heavy (non-hydrogen) atoms. The third kappa shape index (κ3) is 3.92. The summed E-state index contributed by atoms with van der Waals surface area (Å²) >= 11 is 1.28. The number of thiophene rings is 1. The maximum atomic E-state index is 12.4. The summed E-state index contributed by atoms with van der Waals surface area (Å²) in [6.45, 7) is 4.30. The summed E-state index contributed by atoms with van der Waals surface area (Å²) in [7, 11) is -3.48. The van der Waals surface area contributed by atoms with Crippen LogP contribution in [-0.2, 0) is 16.4 Å². The summed E-state index contributed by atoms with van der Waals surface area (Å²) < 4.78 is 26.4. The number of rotatable bonds is 7. The minimum Gasteiger partial charge on any atom is -0.409 e. The average Bonchev–Trinajstić information content (AvgIpc) is 2.88. The number of amidine groups is 1. The van der Waals surface area contributed by atoms with Gasteiger partial charge in [-0.3, -0.25) is 0 Å². The molecule has 0 aliphatic carbocycles. The van der Waals surface area contributed by atoms with Gasteiger partial charge >= 0.3 is 0 Å². The molecule has 0 saturated carbocycles. The molecule has 6 nitrogen and oxygen atoms in total. The second kappa shape index (κ2) is 6.88. The van der Waals surface area contributed by atoms with Crippen LogP contribution in [-0.4, -0.2) is 36.9 Å². The molecular weight excluding hydrogens is 286 g/mol. The van der Waals surface area contributed by atoms with Gasteiger partial charge in [0.1, 0.15) is 10.0 Å². The Labute approximate surface area is 117 Å². The molecule has 0 spiro atoms. The summed E-state index contributed by atoms with van der Waals surface area (Å²) in [6, 6.07) is 3.46. The maximum absolute atomic E-state index is 12.4. The van der Waals surface area contributed by atoms with E-state index < -0.39 is 10.0 Å². The Kier molecular flexibility index (Phi) is 5.77. The molecule has 0 bridgehead atoms. The highest BCUT2D eigenvalue weighted by molar-refractivity contribution is 7.91. The van der Waals surface area contributed by atoms with Crippen LogP contribution in [0, 0.1) is 0 Å². The van der Waals surface area contributed by atoms with Crippen molar-refractivity contribution in [3.63, 3.8) is 0 Å². The lowest BCUT2D eigenvalue weighted by Crippen LogP contribution is -2.33. The van der Waals surface area contributed by atoms with Crippen LogP contribution in [0.15, 0.2) is 21.5 Å². The molecule has 0 aliphatic heterocycles. The zero-order valence-electron chi connectivity index (χ0n) is 11.0. The first-order valence-corrected chi connectivity index (χ1v) is 8.26. The minimum absolute atomic E-state index is 0.0223. The number of hydrogen-bond donors (Lipinski definition) is 2. The van der Waals surface area contributed by atoms with E-state index in [1.165, 1.54) is 15.6 Å². The monoisotopic (exact) mass is 305 g/mol. The van der Waals surface area contributed by atoms with E-state index in [1.807, 2.05) is 13.0 Å². The molecule has 1 rings (SSSR count). The highest BCUT2D eigenvalue weighted by atomic mass is 32.2. The van der Waals surface area contributed by atoms with Gasteiger partial charge in [0.25, 0.3) is 10.0 Å². The molecule has 0 atom stereocenters. The van der Waals surface area contributed by atoms with Crippen LogP contribution in [0.1, 0.15) is 25.1 Å². The molecule has 0 unspecified atom stereocenters. The third-order valence-electron chi connectivity index (χ3n) is 2.68. The largest absolute Gasteiger partial charge is 0.409 e. The molecule has 0 aliphatic rings. The molecule has 0 amide bonds. The Hall–Kier alpha value is -1.12. The van der Waals surface area contributed by atoms with Crippen molar-refractivity contribution in [3.05, 3.63) is 17.0 Å². The van der Waals surface area contributed by atoms with Crippen molar-refractivity contribution in [1.82, 2.24) is 4.31 Å². The average molecular weight is 305 g/mol. The molecule has 0 saturated heterocycles. The minimum atomic E-state index is -3.48. The van der Waals surface area contributed by atoms with E-state index in [0.717, 1.165) is 11.3 Å². The fourth-order valence-corrected chi connectivity index (χ4v) is 4.45. The van der Waals surface area contributed by atoms with E-state index in [1.54, 1.807) is 13.0 Å². The van der Waals surface area contributed by atoms with Gasteiger partial charge in [0.15, 0.2) is 0 Å². The van der Waals surface area contributed by atoms with Crippen molar-refractivity contribution in [2.45, 2.75) is 30.9 Å². The van der Waals surface area contributed by atoms with Gasteiger partial charge in [0.05, 0.1) is 0 Å². The molecule has 0 aromatic carbocycles. The van der Waals surface area contributed by atoms with E-state index in [0.29, 0.717) is 10.8 Å². The van der Waals surface area contributed by atoms with Gasteiger partial charge in [0.2, 0.25) is 0 Å². The summed E-state index contributed by atoms with van der Waals surface area (Å²) in [5, 5.41) is 11.3. The summed E-state index contributed by atoms with van der Waals surface area (Å²) in [4.78, 5) is 1.03. The van der Waals surface area contributed by atoms with Crippen molar-refractivity contribution in [1.29, 1.82) is 0 Å².